The van der Waals surface area contributed by atoms with Gasteiger partial charge in [0.2, 0.25) is 0 Å². The monoisotopic (exact) mass is 263 g/mol. The molecular formula is C11H25N3O2S. The first-order chi connectivity index (χ1) is 7.74. The largest absolute Gasteiger partial charge is 0.329 e. The molecule has 0 aromatic heterocycles. The standard InChI is InChI=1S/C11H25N3O2S/c1-11(2,10-12)14-6-4-13(5-7-14)8-9-17(3,15)16/h4-10,12H2,1-3H3. The summed E-state index contributed by atoms with van der Waals surface area (Å²) < 4.78 is 22.2. The summed E-state index contributed by atoms with van der Waals surface area (Å²) in [5.74, 6) is 0.257. The van der Waals surface area contributed by atoms with Crippen LogP contribution in [0.4, 0.5) is 0 Å². The van der Waals surface area contributed by atoms with Gasteiger partial charge in [-0.1, -0.05) is 0 Å². The molecule has 1 aliphatic rings. The molecule has 0 aliphatic carbocycles. The number of rotatable bonds is 5. The lowest BCUT2D eigenvalue weighted by molar-refractivity contribution is 0.0594. The molecule has 0 radical (unpaired) electrons. The Morgan fingerprint density at radius 3 is 2.12 bits per heavy atom. The van der Waals surface area contributed by atoms with Crippen LogP contribution in [0.3, 0.4) is 0 Å². The molecule has 1 aliphatic heterocycles. The fourth-order valence-electron chi connectivity index (χ4n) is 2.00. The highest BCUT2D eigenvalue weighted by atomic mass is 32.2. The van der Waals surface area contributed by atoms with Gasteiger partial charge in [-0.25, -0.2) is 8.42 Å². The molecule has 0 aromatic rings. The molecule has 102 valence electrons. The summed E-state index contributed by atoms with van der Waals surface area (Å²) in [6.45, 7) is 9.39. The van der Waals surface area contributed by atoms with E-state index in [1.165, 1.54) is 6.26 Å². The first kappa shape index (κ1) is 14.9. The fourth-order valence-corrected chi connectivity index (χ4v) is 2.59. The van der Waals surface area contributed by atoms with Crippen molar-refractivity contribution in [3.63, 3.8) is 0 Å². The van der Waals surface area contributed by atoms with Crippen molar-refractivity contribution in [2.45, 2.75) is 19.4 Å². The van der Waals surface area contributed by atoms with Crippen LogP contribution in [0.5, 0.6) is 0 Å². The summed E-state index contributed by atoms with van der Waals surface area (Å²) in [5, 5.41) is 0. The Balaban J connectivity index is 2.36. The van der Waals surface area contributed by atoms with Crippen LogP contribution in [-0.2, 0) is 9.84 Å². The maximum absolute atomic E-state index is 11.1. The van der Waals surface area contributed by atoms with E-state index in [9.17, 15) is 8.42 Å². The van der Waals surface area contributed by atoms with E-state index in [1.54, 1.807) is 0 Å². The van der Waals surface area contributed by atoms with Crippen molar-refractivity contribution in [2.75, 3.05) is 51.3 Å². The van der Waals surface area contributed by atoms with E-state index in [4.69, 9.17) is 5.73 Å². The Kier molecular flexibility index (Phi) is 4.95. The Hall–Kier alpha value is -0.170. The summed E-state index contributed by atoms with van der Waals surface area (Å²) >= 11 is 0. The Morgan fingerprint density at radius 1 is 1.18 bits per heavy atom. The van der Waals surface area contributed by atoms with E-state index in [2.05, 4.69) is 23.6 Å². The molecule has 1 saturated heterocycles. The van der Waals surface area contributed by atoms with Gasteiger partial charge in [0.1, 0.15) is 9.84 Å². The average Bonchev–Trinajstić information content (AvgIpc) is 2.26. The minimum atomic E-state index is -2.85. The highest BCUT2D eigenvalue weighted by Gasteiger charge is 2.28. The Bertz CT molecular complexity index is 333. The third kappa shape index (κ3) is 4.91. The third-order valence-corrected chi connectivity index (χ3v) is 4.43. The van der Waals surface area contributed by atoms with Crippen molar-refractivity contribution in [1.82, 2.24) is 9.80 Å². The summed E-state index contributed by atoms with van der Waals surface area (Å²) in [6, 6.07) is 0. The number of hydrogen-bond acceptors (Lipinski definition) is 5. The van der Waals surface area contributed by atoms with E-state index < -0.39 is 9.84 Å². The molecule has 1 rings (SSSR count). The zero-order valence-electron chi connectivity index (χ0n) is 11.1. The van der Waals surface area contributed by atoms with Crippen molar-refractivity contribution in [3.8, 4) is 0 Å². The van der Waals surface area contributed by atoms with Gasteiger partial charge in [0.15, 0.2) is 0 Å². The van der Waals surface area contributed by atoms with E-state index in [0.717, 1.165) is 26.2 Å². The Labute approximate surface area is 105 Å². The van der Waals surface area contributed by atoms with Gasteiger partial charge in [0.05, 0.1) is 5.75 Å². The molecule has 1 heterocycles. The quantitative estimate of drug-likeness (QED) is 0.716. The van der Waals surface area contributed by atoms with Crippen LogP contribution in [0.25, 0.3) is 0 Å². The molecule has 0 atom stereocenters. The van der Waals surface area contributed by atoms with Gasteiger partial charge < -0.3 is 5.73 Å². The van der Waals surface area contributed by atoms with E-state index >= 15 is 0 Å². The minimum absolute atomic E-state index is 0.0446. The summed E-state index contributed by atoms with van der Waals surface area (Å²) in [4.78, 5) is 4.59. The number of sulfone groups is 1. The first-order valence-corrected chi connectivity index (χ1v) is 8.16. The van der Waals surface area contributed by atoms with Crippen molar-refractivity contribution in [3.05, 3.63) is 0 Å². The van der Waals surface area contributed by atoms with Crippen LogP contribution in [0.2, 0.25) is 0 Å². The maximum atomic E-state index is 11.1. The average molecular weight is 263 g/mol. The smallest absolute Gasteiger partial charge is 0.148 e. The van der Waals surface area contributed by atoms with Gasteiger partial charge in [-0.2, -0.15) is 0 Å². The van der Waals surface area contributed by atoms with Crippen molar-refractivity contribution >= 4 is 9.84 Å². The van der Waals surface area contributed by atoms with Gasteiger partial charge in [-0.3, -0.25) is 9.80 Å². The Morgan fingerprint density at radius 2 is 1.71 bits per heavy atom. The van der Waals surface area contributed by atoms with Crippen molar-refractivity contribution in [2.24, 2.45) is 5.73 Å². The molecule has 1 fully saturated rings. The number of nitrogens with two attached hydrogens (primary N) is 1. The van der Waals surface area contributed by atoms with Crippen molar-refractivity contribution in [1.29, 1.82) is 0 Å². The topological polar surface area (TPSA) is 66.6 Å². The van der Waals surface area contributed by atoms with Crippen LogP contribution in [-0.4, -0.2) is 75.0 Å². The highest BCUT2D eigenvalue weighted by molar-refractivity contribution is 7.90. The molecule has 2 N–H and O–H groups in total. The van der Waals surface area contributed by atoms with Gasteiger partial charge in [0.25, 0.3) is 0 Å². The van der Waals surface area contributed by atoms with Crippen LogP contribution in [0.15, 0.2) is 0 Å². The van der Waals surface area contributed by atoms with Crippen LogP contribution >= 0.6 is 0 Å². The molecule has 17 heavy (non-hydrogen) atoms. The third-order valence-electron chi connectivity index (χ3n) is 3.51. The van der Waals surface area contributed by atoms with Gasteiger partial charge >= 0.3 is 0 Å². The summed E-state index contributed by atoms with van der Waals surface area (Å²) in [5.41, 5.74) is 5.80. The molecule has 0 amide bonds. The molecule has 6 heteroatoms. The van der Waals surface area contributed by atoms with Gasteiger partial charge in [-0.05, 0) is 13.8 Å². The van der Waals surface area contributed by atoms with Crippen LogP contribution < -0.4 is 5.73 Å². The zero-order chi connectivity index (χ0) is 13.1. The second-order valence-electron chi connectivity index (χ2n) is 5.48. The lowest BCUT2D eigenvalue weighted by Gasteiger charge is -2.43. The number of nitrogens with zero attached hydrogens (tertiary/aromatic N) is 2. The van der Waals surface area contributed by atoms with E-state index in [1.807, 2.05) is 0 Å². The molecule has 5 nitrogen and oxygen atoms in total. The number of hydrogen-bond donors (Lipinski definition) is 1. The molecule has 0 saturated carbocycles. The van der Waals surface area contributed by atoms with E-state index in [0.29, 0.717) is 13.1 Å². The van der Waals surface area contributed by atoms with Crippen LogP contribution in [0, 0.1) is 0 Å². The highest BCUT2D eigenvalue weighted by Crippen LogP contribution is 2.15. The predicted octanol–water partition coefficient (Wildman–Crippen LogP) is -0.614. The van der Waals surface area contributed by atoms with Gasteiger partial charge in [0, 0.05) is 51.1 Å². The predicted molar refractivity (Wildman–Crippen MR) is 70.9 cm³/mol. The van der Waals surface area contributed by atoms with E-state index in [-0.39, 0.29) is 11.3 Å². The lowest BCUT2D eigenvalue weighted by atomic mass is 10.0. The molecule has 0 aromatic carbocycles. The first-order valence-electron chi connectivity index (χ1n) is 6.10. The molecule has 0 unspecified atom stereocenters. The summed E-state index contributed by atoms with van der Waals surface area (Å²) in [6.07, 6.45) is 1.29. The maximum Gasteiger partial charge on any atom is 0.148 e. The lowest BCUT2D eigenvalue weighted by Crippen LogP contribution is -2.57. The number of piperazine rings is 1. The second-order valence-corrected chi connectivity index (χ2v) is 7.73. The minimum Gasteiger partial charge on any atom is -0.329 e. The SMILES string of the molecule is CC(C)(CN)N1CCN(CCS(C)(=O)=O)CC1. The summed E-state index contributed by atoms with van der Waals surface area (Å²) in [7, 11) is -2.85. The van der Waals surface area contributed by atoms with Gasteiger partial charge in [-0.15, -0.1) is 0 Å². The zero-order valence-corrected chi connectivity index (χ0v) is 12.0. The van der Waals surface area contributed by atoms with Crippen molar-refractivity contribution < 1.29 is 8.42 Å². The van der Waals surface area contributed by atoms with Crippen LogP contribution in [0.1, 0.15) is 13.8 Å². The second kappa shape index (κ2) is 5.65. The fraction of sp³-hybridized carbons (Fsp3) is 1.00. The molecule has 0 bridgehead atoms. The normalized spacial score (nSPS) is 20.7. The molecule has 0 spiro atoms. The molecular weight excluding hydrogens is 238 g/mol.